The van der Waals surface area contributed by atoms with Gasteiger partial charge in [-0.1, -0.05) is 19.9 Å². The third kappa shape index (κ3) is 1.76. The molecule has 0 saturated carbocycles. The van der Waals surface area contributed by atoms with Crippen LogP contribution < -0.4 is 0 Å². The molecule has 1 aliphatic carbocycles. The summed E-state index contributed by atoms with van der Waals surface area (Å²) >= 11 is 0. The molecule has 0 bridgehead atoms. The molecule has 3 heteroatoms. The normalized spacial score (nSPS) is 32.3. The van der Waals surface area contributed by atoms with Crippen molar-refractivity contribution in [1.29, 1.82) is 0 Å². The molecule has 0 heterocycles. The number of alkyl halides is 3. The summed E-state index contributed by atoms with van der Waals surface area (Å²) in [6, 6.07) is 0. The molecule has 0 N–H and O–H groups in total. The molecular formula is C8H11F3. The predicted molar refractivity (Wildman–Crippen MR) is 37.1 cm³/mol. The molecule has 0 spiro atoms. The van der Waals surface area contributed by atoms with Crippen LogP contribution in [0.4, 0.5) is 13.2 Å². The van der Waals surface area contributed by atoms with Crippen LogP contribution in [0.1, 0.15) is 20.3 Å². The molecule has 1 aliphatic rings. The molecule has 0 saturated heterocycles. The quantitative estimate of drug-likeness (QED) is 0.482. The van der Waals surface area contributed by atoms with Gasteiger partial charge in [-0.15, -0.1) is 0 Å². The number of rotatable bonds is 0. The minimum atomic E-state index is -4.11. The van der Waals surface area contributed by atoms with E-state index in [1.807, 2.05) is 6.92 Å². The number of hydrogen-bond acceptors (Lipinski definition) is 0. The first-order valence-electron chi connectivity index (χ1n) is 3.70. The van der Waals surface area contributed by atoms with Crippen molar-refractivity contribution in [2.24, 2.45) is 11.8 Å². The second-order valence-electron chi connectivity index (χ2n) is 3.23. The molecule has 0 nitrogen and oxygen atoms in total. The summed E-state index contributed by atoms with van der Waals surface area (Å²) in [6.45, 7) is 3.44. The van der Waals surface area contributed by atoms with Crippen molar-refractivity contribution < 1.29 is 13.2 Å². The molecule has 0 radical (unpaired) electrons. The van der Waals surface area contributed by atoms with E-state index in [1.54, 1.807) is 6.92 Å². The smallest absolute Gasteiger partial charge is 0.166 e. The highest BCUT2D eigenvalue weighted by atomic mass is 19.4. The van der Waals surface area contributed by atoms with Gasteiger partial charge in [0.1, 0.15) is 0 Å². The molecule has 1 rings (SSSR count). The molecule has 0 aromatic rings. The van der Waals surface area contributed by atoms with Crippen LogP contribution in [0.25, 0.3) is 0 Å². The first-order chi connectivity index (χ1) is 4.91. The summed E-state index contributed by atoms with van der Waals surface area (Å²) in [5.74, 6) is -0.230. The van der Waals surface area contributed by atoms with Crippen LogP contribution in [-0.2, 0) is 0 Å². The van der Waals surface area contributed by atoms with E-state index >= 15 is 0 Å². The Hall–Kier alpha value is -0.470. The number of allylic oxidation sites excluding steroid dienone is 2. The highest BCUT2D eigenvalue weighted by Crippen LogP contribution is 2.40. The van der Waals surface area contributed by atoms with E-state index in [2.05, 4.69) is 0 Å². The fourth-order valence-electron chi connectivity index (χ4n) is 1.60. The Morgan fingerprint density at radius 1 is 1.36 bits per heavy atom. The minimum Gasteiger partial charge on any atom is -0.166 e. The van der Waals surface area contributed by atoms with Crippen molar-refractivity contribution in [1.82, 2.24) is 0 Å². The highest BCUT2D eigenvalue weighted by molar-refractivity contribution is 5.18. The zero-order valence-electron chi connectivity index (χ0n) is 6.57. The van der Waals surface area contributed by atoms with Crippen molar-refractivity contribution in [2.45, 2.75) is 26.4 Å². The van der Waals surface area contributed by atoms with Gasteiger partial charge in [0.05, 0.1) is 0 Å². The minimum absolute atomic E-state index is 0.0848. The summed E-state index contributed by atoms with van der Waals surface area (Å²) in [4.78, 5) is 0. The number of halogens is 3. The third-order valence-corrected chi connectivity index (χ3v) is 2.05. The molecule has 2 atom stereocenters. The third-order valence-electron chi connectivity index (χ3n) is 2.05. The fourth-order valence-corrected chi connectivity index (χ4v) is 1.60. The van der Waals surface area contributed by atoms with Crippen molar-refractivity contribution in [3.63, 3.8) is 0 Å². The second kappa shape index (κ2) is 2.54. The molecule has 0 aromatic carbocycles. The molecular weight excluding hydrogens is 153 g/mol. The lowest BCUT2D eigenvalue weighted by molar-refractivity contribution is -0.0971. The summed E-state index contributed by atoms with van der Waals surface area (Å²) in [5.41, 5.74) is -0.343. The van der Waals surface area contributed by atoms with Crippen LogP contribution in [-0.4, -0.2) is 6.18 Å². The van der Waals surface area contributed by atoms with Gasteiger partial charge >= 0.3 is 6.18 Å². The molecule has 11 heavy (non-hydrogen) atoms. The predicted octanol–water partition coefficient (Wildman–Crippen LogP) is 3.15. The topological polar surface area (TPSA) is 0 Å². The van der Waals surface area contributed by atoms with E-state index in [0.29, 0.717) is 6.42 Å². The Bertz CT molecular complexity index is 178. The first kappa shape index (κ1) is 8.62. The summed E-state index contributed by atoms with van der Waals surface area (Å²) < 4.78 is 36.3. The standard InChI is InChI=1S/C8H11F3/c1-5-3-6(2)7(4-5)8(9,10)11/h4-6H,3H2,1-2H3. The Labute approximate surface area is 64.1 Å². The largest absolute Gasteiger partial charge is 0.412 e. The van der Waals surface area contributed by atoms with E-state index in [1.165, 1.54) is 6.08 Å². The van der Waals surface area contributed by atoms with Gasteiger partial charge in [0.2, 0.25) is 0 Å². The first-order valence-corrected chi connectivity index (χ1v) is 3.70. The van der Waals surface area contributed by atoms with Gasteiger partial charge in [-0.2, -0.15) is 13.2 Å². The maximum absolute atomic E-state index is 12.1. The van der Waals surface area contributed by atoms with Gasteiger partial charge in [-0.25, -0.2) is 0 Å². The van der Waals surface area contributed by atoms with Crippen molar-refractivity contribution in [2.75, 3.05) is 0 Å². The maximum Gasteiger partial charge on any atom is 0.412 e. The van der Waals surface area contributed by atoms with Crippen LogP contribution >= 0.6 is 0 Å². The second-order valence-corrected chi connectivity index (χ2v) is 3.23. The average Bonchev–Trinajstić information content (AvgIpc) is 2.08. The average molecular weight is 164 g/mol. The molecule has 0 fully saturated rings. The summed E-state index contributed by atoms with van der Waals surface area (Å²) in [5, 5.41) is 0. The van der Waals surface area contributed by atoms with Crippen LogP contribution in [0, 0.1) is 11.8 Å². The monoisotopic (exact) mass is 164 g/mol. The number of hydrogen-bond donors (Lipinski definition) is 0. The molecule has 2 unspecified atom stereocenters. The van der Waals surface area contributed by atoms with Gasteiger partial charge in [0.15, 0.2) is 0 Å². The lowest BCUT2D eigenvalue weighted by atomic mass is 10.0. The molecule has 0 aromatic heterocycles. The van der Waals surface area contributed by atoms with Crippen molar-refractivity contribution >= 4 is 0 Å². The fraction of sp³-hybridized carbons (Fsp3) is 0.750. The lowest BCUT2D eigenvalue weighted by Crippen LogP contribution is -2.14. The van der Waals surface area contributed by atoms with Crippen molar-refractivity contribution in [3.8, 4) is 0 Å². The highest BCUT2D eigenvalue weighted by Gasteiger charge is 2.39. The zero-order valence-corrected chi connectivity index (χ0v) is 6.57. The molecule has 0 amide bonds. The van der Waals surface area contributed by atoms with Gasteiger partial charge in [-0.3, -0.25) is 0 Å². The van der Waals surface area contributed by atoms with E-state index < -0.39 is 6.18 Å². The van der Waals surface area contributed by atoms with Crippen LogP contribution in [0.2, 0.25) is 0 Å². The Morgan fingerprint density at radius 3 is 2.09 bits per heavy atom. The zero-order chi connectivity index (χ0) is 8.65. The molecule has 0 aliphatic heterocycles. The van der Waals surface area contributed by atoms with E-state index in [-0.39, 0.29) is 17.4 Å². The van der Waals surface area contributed by atoms with Crippen LogP contribution in [0.15, 0.2) is 11.6 Å². The van der Waals surface area contributed by atoms with Gasteiger partial charge < -0.3 is 0 Å². The van der Waals surface area contributed by atoms with Crippen LogP contribution in [0.5, 0.6) is 0 Å². The molecule has 64 valence electrons. The van der Waals surface area contributed by atoms with E-state index in [9.17, 15) is 13.2 Å². The SMILES string of the molecule is CC1C=C(C(F)(F)F)C(C)C1. The Morgan fingerprint density at radius 2 is 1.91 bits per heavy atom. The van der Waals surface area contributed by atoms with E-state index in [0.717, 1.165) is 0 Å². The summed E-state index contributed by atoms with van der Waals surface area (Å²) in [6.07, 6.45) is -2.14. The van der Waals surface area contributed by atoms with Crippen molar-refractivity contribution in [3.05, 3.63) is 11.6 Å². The van der Waals surface area contributed by atoms with E-state index in [4.69, 9.17) is 0 Å². The maximum atomic E-state index is 12.1. The van der Waals surface area contributed by atoms with Gasteiger partial charge in [-0.05, 0) is 18.3 Å². The summed E-state index contributed by atoms with van der Waals surface area (Å²) in [7, 11) is 0. The van der Waals surface area contributed by atoms with Gasteiger partial charge in [0.25, 0.3) is 0 Å². The van der Waals surface area contributed by atoms with Crippen LogP contribution in [0.3, 0.4) is 0 Å². The Kier molecular flexibility index (Phi) is 1.99. The lowest BCUT2D eigenvalue weighted by Gasteiger charge is -2.12. The Balaban J connectivity index is 2.80. The van der Waals surface area contributed by atoms with Gasteiger partial charge in [0, 0.05) is 5.57 Å².